The topological polar surface area (TPSA) is 182 Å². The number of halogens is 2. The minimum absolute atomic E-state index is 0.0828. The summed E-state index contributed by atoms with van der Waals surface area (Å²) in [6, 6.07) is 13.3. The lowest BCUT2D eigenvalue weighted by molar-refractivity contribution is -0.133. The minimum Gasteiger partial charge on any atom is -0.368 e. The zero-order valence-corrected chi connectivity index (χ0v) is 26.5. The summed E-state index contributed by atoms with van der Waals surface area (Å²) >= 11 is 13.5. The van der Waals surface area contributed by atoms with Crippen LogP contribution in [0.4, 0.5) is 0 Å². The van der Waals surface area contributed by atoms with Gasteiger partial charge in [0.15, 0.2) is 0 Å². The van der Waals surface area contributed by atoms with Crippen molar-refractivity contribution in [1.29, 1.82) is 0 Å². The van der Waals surface area contributed by atoms with Crippen LogP contribution in [0.2, 0.25) is 10.0 Å². The fourth-order valence-electron chi connectivity index (χ4n) is 4.45. The molecule has 4 atom stereocenters. The monoisotopic (exact) mass is 660 g/mol. The number of nitrogens with one attached hydrogen (secondary N) is 3. The molecule has 236 valence electrons. The fraction of sp³-hybridized carbons (Fsp3) is 0.355. The molecule has 9 N–H and O–H groups in total. The van der Waals surface area contributed by atoms with Gasteiger partial charge in [-0.1, -0.05) is 60.0 Å². The third kappa shape index (κ3) is 11.5. The Morgan fingerprint density at radius 1 is 0.705 bits per heavy atom. The van der Waals surface area contributed by atoms with Gasteiger partial charge < -0.3 is 33.2 Å². The van der Waals surface area contributed by atoms with Gasteiger partial charge >= 0.3 is 0 Å². The summed E-state index contributed by atoms with van der Waals surface area (Å²) in [5.74, 6) is -2.42. The van der Waals surface area contributed by atoms with Crippen molar-refractivity contribution in [3.63, 3.8) is 0 Å². The SMILES string of the molecule is NCCCC[C@H](N)C(=O)NC(Cc1ccc(Cl)cc1)C(=O)N[C@H](Cc1ccc(Cl)cc1)C(=O)NC(Cc1cccs1)C(N)=O. The molecule has 0 saturated heterocycles. The number of hydrogen-bond donors (Lipinski definition) is 6. The summed E-state index contributed by atoms with van der Waals surface area (Å²) in [5, 5.41) is 11.1. The first-order valence-corrected chi connectivity index (χ1v) is 15.9. The van der Waals surface area contributed by atoms with Crippen LogP contribution in [0, 0.1) is 0 Å². The Balaban J connectivity index is 1.84. The molecular formula is C31H38Cl2N6O4S. The highest BCUT2D eigenvalue weighted by atomic mass is 35.5. The molecule has 0 radical (unpaired) electrons. The van der Waals surface area contributed by atoms with Gasteiger partial charge in [-0.05, 0) is 66.2 Å². The van der Waals surface area contributed by atoms with Crippen molar-refractivity contribution in [3.8, 4) is 0 Å². The van der Waals surface area contributed by atoms with Crippen LogP contribution in [0.3, 0.4) is 0 Å². The zero-order chi connectivity index (χ0) is 32.1. The Labute approximate surface area is 271 Å². The third-order valence-electron chi connectivity index (χ3n) is 6.92. The molecule has 0 spiro atoms. The second-order valence-corrected chi connectivity index (χ2v) is 12.3. The molecule has 0 aliphatic rings. The predicted molar refractivity (Wildman–Crippen MR) is 174 cm³/mol. The van der Waals surface area contributed by atoms with E-state index < -0.39 is 47.8 Å². The standard InChI is InChI=1S/C31H38Cl2N6O4S/c32-21-10-6-19(7-11-21)16-26(38-29(41)24(35)5-1-2-14-34)31(43)39-27(17-20-8-12-22(33)13-9-20)30(42)37-25(28(36)40)18-23-4-3-15-44-23/h3-4,6-13,15,24-27H,1-2,5,14,16-18,34-35H2,(H2,36,40)(H,37,42)(H,38,41)(H,39,43)/t24-,25?,26?,27+/m0/s1. The van der Waals surface area contributed by atoms with E-state index in [1.807, 2.05) is 17.5 Å². The summed E-state index contributed by atoms with van der Waals surface area (Å²) in [4.78, 5) is 53.5. The summed E-state index contributed by atoms with van der Waals surface area (Å²) in [5.41, 5.74) is 18.7. The van der Waals surface area contributed by atoms with Gasteiger partial charge in [0.05, 0.1) is 6.04 Å². The molecular weight excluding hydrogens is 623 g/mol. The van der Waals surface area contributed by atoms with Gasteiger partial charge in [0.1, 0.15) is 18.1 Å². The molecule has 13 heteroatoms. The number of carbonyl (C=O) groups excluding carboxylic acids is 4. The van der Waals surface area contributed by atoms with Crippen LogP contribution in [0.25, 0.3) is 0 Å². The average Bonchev–Trinajstić information content (AvgIpc) is 3.51. The van der Waals surface area contributed by atoms with E-state index in [9.17, 15) is 19.2 Å². The number of primary amides is 1. The smallest absolute Gasteiger partial charge is 0.243 e. The Hall–Kier alpha value is -3.48. The average molecular weight is 662 g/mol. The van der Waals surface area contributed by atoms with Crippen LogP contribution in [0.5, 0.6) is 0 Å². The van der Waals surface area contributed by atoms with Crippen LogP contribution in [0.15, 0.2) is 66.0 Å². The highest BCUT2D eigenvalue weighted by Gasteiger charge is 2.30. The molecule has 1 aromatic heterocycles. The lowest BCUT2D eigenvalue weighted by Crippen LogP contribution is -2.58. The summed E-state index contributed by atoms with van der Waals surface area (Å²) < 4.78 is 0. The Bertz CT molecular complexity index is 1370. The molecule has 0 aliphatic heterocycles. The molecule has 2 aromatic carbocycles. The van der Waals surface area contributed by atoms with Gasteiger partial charge in [0.25, 0.3) is 0 Å². The van der Waals surface area contributed by atoms with Crippen LogP contribution >= 0.6 is 34.5 Å². The van der Waals surface area contributed by atoms with E-state index in [2.05, 4.69) is 16.0 Å². The van der Waals surface area contributed by atoms with E-state index in [1.54, 1.807) is 48.5 Å². The second-order valence-electron chi connectivity index (χ2n) is 10.4. The number of rotatable bonds is 17. The normalized spacial score (nSPS) is 13.7. The number of carbonyl (C=O) groups is 4. The summed E-state index contributed by atoms with van der Waals surface area (Å²) in [7, 11) is 0. The van der Waals surface area contributed by atoms with Crippen molar-refractivity contribution in [2.45, 2.75) is 62.7 Å². The number of amides is 4. The van der Waals surface area contributed by atoms with Crippen LogP contribution in [0.1, 0.15) is 35.3 Å². The maximum atomic E-state index is 13.8. The van der Waals surface area contributed by atoms with E-state index in [0.29, 0.717) is 35.0 Å². The lowest BCUT2D eigenvalue weighted by Gasteiger charge is -2.26. The predicted octanol–water partition coefficient (Wildman–Crippen LogP) is 2.48. The molecule has 3 rings (SSSR count). The second kappa shape index (κ2) is 17.7. The minimum atomic E-state index is -1.11. The lowest BCUT2D eigenvalue weighted by atomic mass is 10.0. The summed E-state index contributed by atoms with van der Waals surface area (Å²) in [6.45, 7) is 0.483. The first kappa shape index (κ1) is 35.0. The van der Waals surface area contributed by atoms with Crippen molar-refractivity contribution in [3.05, 3.63) is 92.1 Å². The van der Waals surface area contributed by atoms with E-state index in [4.69, 9.17) is 40.4 Å². The van der Waals surface area contributed by atoms with Crippen molar-refractivity contribution >= 4 is 58.2 Å². The molecule has 0 aliphatic carbocycles. The largest absolute Gasteiger partial charge is 0.368 e. The maximum Gasteiger partial charge on any atom is 0.243 e. The van der Waals surface area contributed by atoms with Crippen LogP contribution < -0.4 is 33.2 Å². The van der Waals surface area contributed by atoms with E-state index in [0.717, 1.165) is 16.9 Å². The van der Waals surface area contributed by atoms with E-state index >= 15 is 0 Å². The fourth-order valence-corrected chi connectivity index (χ4v) is 5.45. The molecule has 44 heavy (non-hydrogen) atoms. The number of thiophene rings is 1. The molecule has 2 unspecified atom stereocenters. The van der Waals surface area contributed by atoms with Gasteiger partial charge in [-0.3, -0.25) is 19.2 Å². The highest BCUT2D eigenvalue weighted by molar-refractivity contribution is 7.09. The molecule has 3 aromatic rings. The van der Waals surface area contributed by atoms with Crippen molar-refractivity contribution in [1.82, 2.24) is 16.0 Å². The van der Waals surface area contributed by atoms with Gasteiger partial charge in [0, 0.05) is 34.2 Å². The third-order valence-corrected chi connectivity index (χ3v) is 8.33. The number of unbranched alkanes of at least 4 members (excludes halogenated alkanes) is 1. The quantitative estimate of drug-likeness (QED) is 0.121. The van der Waals surface area contributed by atoms with Crippen molar-refractivity contribution in [2.75, 3.05) is 6.54 Å². The zero-order valence-electron chi connectivity index (χ0n) is 24.1. The van der Waals surface area contributed by atoms with Gasteiger partial charge in [-0.15, -0.1) is 11.3 Å². The van der Waals surface area contributed by atoms with E-state index in [1.165, 1.54) is 11.3 Å². The highest BCUT2D eigenvalue weighted by Crippen LogP contribution is 2.15. The van der Waals surface area contributed by atoms with Crippen LogP contribution in [-0.4, -0.2) is 54.3 Å². The summed E-state index contributed by atoms with van der Waals surface area (Å²) in [6.07, 6.45) is 2.18. The van der Waals surface area contributed by atoms with Crippen molar-refractivity contribution in [2.24, 2.45) is 17.2 Å². The first-order valence-electron chi connectivity index (χ1n) is 14.2. The van der Waals surface area contributed by atoms with E-state index in [-0.39, 0.29) is 19.3 Å². The number of benzene rings is 2. The number of hydrogen-bond acceptors (Lipinski definition) is 7. The molecule has 10 nitrogen and oxygen atoms in total. The molecule has 4 amide bonds. The molecule has 0 fully saturated rings. The Morgan fingerprint density at radius 2 is 1.20 bits per heavy atom. The number of nitrogens with two attached hydrogens (primary N) is 3. The molecule has 0 saturated carbocycles. The molecule has 0 bridgehead atoms. The van der Waals surface area contributed by atoms with Gasteiger partial charge in [-0.2, -0.15) is 0 Å². The van der Waals surface area contributed by atoms with Crippen molar-refractivity contribution < 1.29 is 19.2 Å². The maximum absolute atomic E-state index is 13.8. The van der Waals surface area contributed by atoms with Gasteiger partial charge in [-0.25, -0.2) is 0 Å². The Morgan fingerprint density at radius 3 is 1.66 bits per heavy atom. The van der Waals surface area contributed by atoms with Gasteiger partial charge in [0.2, 0.25) is 23.6 Å². The Kier molecular flexibility index (Phi) is 14.1. The van der Waals surface area contributed by atoms with Crippen LogP contribution in [-0.2, 0) is 38.4 Å². The first-order chi connectivity index (χ1) is 21.0. The molecule has 1 heterocycles.